The van der Waals surface area contributed by atoms with E-state index in [9.17, 15) is 0 Å². The molecule has 0 aliphatic heterocycles. The van der Waals surface area contributed by atoms with Gasteiger partial charge in [-0.1, -0.05) is 94.4 Å². The third-order valence-corrected chi connectivity index (χ3v) is 9.24. The summed E-state index contributed by atoms with van der Waals surface area (Å²) in [6, 6.07) is 38.8. The summed E-state index contributed by atoms with van der Waals surface area (Å²) in [6.07, 6.45) is 0. The van der Waals surface area contributed by atoms with Crippen LogP contribution in [0.25, 0.3) is 61.2 Å². The molecule has 0 radical (unpaired) electrons. The van der Waals surface area contributed by atoms with Crippen LogP contribution in [0.1, 0.15) is 38.8 Å². The first-order chi connectivity index (χ1) is 19.4. The lowest BCUT2D eigenvalue weighted by Gasteiger charge is -2.41. The van der Waals surface area contributed by atoms with Crippen molar-refractivity contribution in [3.8, 4) is 28.2 Å². The molecule has 8 rings (SSSR count). The van der Waals surface area contributed by atoms with Crippen molar-refractivity contribution in [3.05, 3.63) is 120 Å². The molecule has 0 bridgehead atoms. The van der Waals surface area contributed by atoms with Gasteiger partial charge in [0, 0.05) is 27.4 Å². The van der Waals surface area contributed by atoms with Crippen molar-refractivity contribution in [2.45, 2.75) is 33.1 Å². The molecule has 0 fully saturated rings. The summed E-state index contributed by atoms with van der Waals surface area (Å²) in [5.41, 5.74) is 11.3. The summed E-state index contributed by atoms with van der Waals surface area (Å²) in [4.78, 5) is 5.17. The van der Waals surface area contributed by atoms with Gasteiger partial charge in [0.15, 0.2) is 0 Å². The molecule has 3 nitrogen and oxygen atoms in total. The second-order valence-corrected chi connectivity index (χ2v) is 12.2. The number of benzene rings is 5. The zero-order valence-electron chi connectivity index (χ0n) is 23.2. The van der Waals surface area contributed by atoms with Crippen LogP contribution in [0, 0.1) is 5.41 Å². The van der Waals surface area contributed by atoms with Crippen LogP contribution >= 0.6 is 0 Å². The Balaban J connectivity index is 1.45. The number of aromatic nitrogens is 2. The molecule has 40 heavy (non-hydrogen) atoms. The number of hydrogen-bond donors (Lipinski definition) is 0. The lowest BCUT2D eigenvalue weighted by atomic mass is 9.62. The van der Waals surface area contributed by atoms with Crippen molar-refractivity contribution in [3.63, 3.8) is 0 Å². The molecule has 0 saturated heterocycles. The van der Waals surface area contributed by atoms with E-state index in [0.29, 0.717) is 0 Å². The van der Waals surface area contributed by atoms with Crippen LogP contribution < -0.4 is 0 Å². The molecule has 2 aromatic heterocycles. The smallest absolute Gasteiger partial charge is 0.145 e. The summed E-state index contributed by atoms with van der Waals surface area (Å²) in [5, 5.41) is 2.39. The lowest BCUT2D eigenvalue weighted by molar-refractivity contribution is 0.255. The molecule has 5 aromatic carbocycles. The van der Waals surface area contributed by atoms with Gasteiger partial charge in [-0.2, -0.15) is 0 Å². The van der Waals surface area contributed by atoms with Crippen molar-refractivity contribution in [1.82, 2.24) is 9.55 Å². The van der Waals surface area contributed by atoms with E-state index in [-0.39, 0.29) is 10.8 Å². The number of hydrogen-bond acceptors (Lipinski definition) is 2. The van der Waals surface area contributed by atoms with Crippen molar-refractivity contribution >= 4 is 33.0 Å². The van der Waals surface area contributed by atoms with Crippen LogP contribution in [0.15, 0.2) is 114 Å². The number of nitrogens with zero attached hydrogens (tertiary/aromatic N) is 2. The zero-order chi connectivity index (χ0) is 27.2. The van der Waals surface area contributed by atoms with Crippen molar-refractivity contribution in [2.24, 2.45) is 5.41 Å². The Morgan fingerprint density at radius 3 is 2.30 bits per heavy atom. The maximum Gasteiger partial charge on any atom is 0.145 e. The van der Waals surface area contributed by atoms with Crippen LogP contribution in [-0.2, 0) is 5.41 Å². The van der Waals surface area contributed by atoms with Gasteiger partial charge >= 0.3 is 0 Å². The standard InChI is InChI=1S/C37H30N2O/c1-36(2,3)37(4)27-20-21-32-34(26-14-8-11-17-31(26)40-32)33(27)25-19-18-23(22-28(25)37)35-38-29-15-9-10-16-30(29)39(35)24-12-6-5-7-13-24/h5-22H,1-4H3. The number of para-hydroxylation sites is 4. The van der Waals surface area contributed by atoms with Crippen LogP contribution in [0.5, 0.6) is 0 Å². The van der Waals surface area contributed by atoms with Gasteiger partial charge < -0.3 is 4.42 Å². The summed E-state index contributed by atoms with van der Waals surface area (Å²) < 4.78 is 8.61. The van der Waals surface area contributed by atoms with Gasteiger partial charge in [-0.25, -0.2) is 4.98 Å². The Morgan fingerprint density at radius 1 is 0.725 bits per heavy atom. The fourth-order valence-electron chi connectivity index (χ4n) is 6.84. The Labute approximate surface area is 233 Å². The van der Waals surface area contributed by atoms with Crippen LogP contribution in [0.4, 0.5) is 0 Å². The van der Waals surface area contributed by atoms with E-state index in [2.05, 4.69) is 135 Å². The molecule has 7 aromatic rings. The molecule has 0 spiro atoms. The van der Waals surface area contributed by atoms with Crippen LogP contribution in [-0.4, -0.2) is 9.55 Å². The van der Waals surface area contributed by atoms with E-state index < -0.39 is 0 Å². The molecule has 194 valence electrons. The first-order valence-corrected chi connectivity index (χ1v) is 14.0. The SMILES string of the molecule is CC(C)(C)C1(C)c2cc(-c3nc4ccccc4n3-c3ccccc3)ccc2-c2c1ccc1oc3ccccc3c21. The van der Waals surface area contributed by atoms with Gasteiger partial charge in [-0.3, -0.25) is 4.57 Å². The Morgan fingerprint density at radius 2 is 1.48 bits per heavy atom. The second-order valence-electron chi connectivity index (χ2n) is 12.2. The number of furan rings is 1. The highest BCUT2D eigenvalue weighted by Gasteiger charge is 2.48. The van der Waals surface area contributed by atoms with E-state index in [1.54, 1.807) is 0 Å². The van der Waals surface area contributed by atoms with Crippen molar-refractivity contribution < 1.29 is 4.42 Å². The monoisotopic (exact) mass is 518 g/mol. The van der Waals surface area contributed by atoms with Crippen molar-refractivity contribution in [1.29, 1.82) is 0 Å². The molecular formula is C37H30N2O. The normalized spacial score (nSPS) is 16.6. The molecule has 2 heterocycles. The summed E-state index contributed by atoms with van der Waals surface area (Å²) in [5.74, 6) is 0.960. The molecule has 0 N–H and O–H groups in total. The highest BCUT2D eigenvalue weighted by Crippen LogP contribution is 2.59. The first-order valence-electron chi connectivity index (χ1n) is 14.0. The Hall–Kier alpha value is -4.63. The summed E-state index contributed by atoms with van der Waals surface area (Å²) in [7, 11) is 0. The van der Waals surface area contributed by atoms with E-state index in [4.69, 9.17) is 9.40 Å². The van der Waals surface area contributed by atoms with Crippen LogP contribution in [0.2, 0.25) is 0 Å². The molecule has 3 heteroatoms. The third-order valence-electron chi connectivity index (χ3n) is 9.24. The predicted molar refractivity (Wildman–Crippen MR) is 165 cm³/mol. The fourth-order valence-corrected chi connectivity index (χ4v) is 6.84. The van der Waals surface area contributed by atoms with Crippen molar-refractivity contribution in [2.75, 3.05) is 0 Å². The summed E-state index contributed by atoms with van der Waals surface area (Å²) in [6.45, 7) is 9.48. The molecule has 0 saturated carbocycles. The topological polar surface area (TPSA) is 31.0 Å². The zero-order valence-corrected chi connectivity index (χ0v) is 23.2. The average molecular weight is 519 g/mol. The minimum atomic E-state index is -0.205. The second kappa shape index (κ2) is 7.95. The molecular weight excluding hydrogens is 488 g/mol. The largest absolute Gasteiger partial charge is 0.456 e. The molecule has 1 atom stereocenters. The van der Waals surface area contributed by atoms with E-state index in [1.165, 1.54) is 33.0 Å². The maximum atomic E-state index is 6.32. The quantitative estimate of drug-likeness (QED) is 0.228. The highest BCUT2D eigenvalue weighted by molar-refractivity contribution is 6.15. The van der Waals surface area contributed by atoms with E-state index in [0.717, 1.165) is 39.3 Å². The molecule has 1 unspecified atom stereocenters. The number of rotatable bonds is 2. The minimum Gasteiger partial charge on any atom is -0.456 e. The Kier molecular flexibility index (Phi) is 4.63. The maximum absolute atomic E-state index is 6.32. The lowest BCUT2D eigenvalue weighted by Crippen LogP contribution is -2.36. The average Bonchev–Trinajstić information content (AvgIpc) is 3.62. The van der Waals surface area contributed by atoms with Gasteiger partial charge in [0.2, 0.25) is 0 Å². The van der Waals surface area contributed by atoms with Gasteiger partial charge in [-0.05, 0) is 70.1 Å². The molecule has 1 aliphatic rings. The number of fused-ring (bicyclic) bond motifs is 8. The van der Waals surface area contributed by atoms with E-state index >= 15 is 0 Å². The third kappa shape index (κ3) is 2.98. The first kappa shape index (κ1) is 23.3. The number of imidazole rings is 1. The molecule has 1 aliphatic carbocycles. The van der Waals surface area contributed by atoms with Gasteiger partial charge in [0.05, 0.1) is 11.0 Å². The van der Waals surface area contributed by atoms with Crippen LogP contribution in [0.3, 0.4) is 0 Å². The summed E-state index contributed by atoms with van der Waals surface area (Å²) >= 11 is 0. The van der Waals surface area contributed by atoms with Gasteiger partial charge in [0.25, 0.3) is 0 Å². The highest BCUT2D eigenvalue weighted by atomic mass is 16.3. The predicted octanol–water partition coefficient (Wildman–Crippen LogP) is 9.92. The fraction of sp³-hybridized carbons (Fsp3) is 0.162. The van der Waals surface area contributed by atoms with E-state index in [1.807, 2.05) is 6.07 Å². The minimum absolute atomic E-state index is 0.0294. The van der Waals surface area contributed by atoms with Gasteiger partial charge in [0.1, 0.15) is 17.0 Å². The van der Waals surface area contributed by atoms with Gasteiger partial charge in [-0.15, -0.1) is 0 Å². The molecule has 0 amide bonds. The Bertz CT molecular complexity index is 2110.